The summed E-state index contributed by atoms with van der Waals surface area (Å²) in [6, 6.07) is 8.23. The topological polar surface area (TPSA) is 48.3 Å². The summed E-state index contributed by atoms with van der Waals surface area (Å²) in [5.41, 5.74) is 2.95. The Labute approximate surface area is 108 Å². The van der Waals surface area contributed by atoms with Gasteiger partial charge in [0.2, 0.25) is 0 Å². The summed E-state index contributed by atoms with van der Waals surface area (Å²) in [6.45, 7) is 5.28. The second-order valence-electron chi connectivity index (χ2n) is 4.63. The van der Waals surface area contributed by atoms with Gasteiger partial charge < -0.3 is 15.0 Å². The highest BCUT2D eigenvalue weighted by Gasteiger charge is 2.21. The number of ether oxygens (including phenoxy) is 1. The second kappa shape index (κ2) is 5.85. The average Bonchev–Trinajstić information content (AvgIpc) is 2.39. The molecule has 1 fully saturated rings. The van der Waals surface area contributed by atoms with Gasteiger partial charge in [0.25, 0.3) is 0 Å². The predicted molar refractivity (Wildman–Crippen MR) is 71.8 cm³/mol. The number of aryl methyl sites for hydroxylation is 1. The first-order valence-electron chi connectivity index (χ1n) is 6.26. The van der Waals surface area contributed by atoms with Crippen molar-refractivity contribution in [2.75, 3.05) is 38.2 Å². The molecule has 18 heavy (non-hydrogen) atoms. The molecule has 1 aliphatic rings. The van der Waals surface area contributed by atoms with Gasteiger partial charge in [-0.25, -0.2) is 0 Å². The molecule has 0 spiro atoms. The molecule has 0 aliphatic carbocycles. The third kappa shape index (κ3) is 2.81. The fraction of sp³-hybridized carbons (Fsp3) is 0.500. The van der Waals surface area contributed by atoms with Crippen LogP contribution in [0.4, 0.5) is 5.69 Å². The van der Waals surface area contributed by atoms with Crippen LogP contribution in [0.2, 0.25) is 0 Å². The van der Waals surface area contributed by atoms with Crippen molar-refractivity contribution >= 4 is 5.69 Å². The van der Waals surface area contributed by atoms with E-state index in [4.69, 9.17) is 4.74 Å². The van der Waals surface area contributed by atoms with Crippen molar-refractivity contribution in [2.45, 2.75) is 13.0 Å². The Morgan fingerprint density at radius 1 is 1.56 bits per heavy atom. The Hall–Kier alpha value is -1.57. The number of morpholine rings is 1. The highest BCUT2D eigenvalue weighted by molar-refractivity contribution is 5.61. The molecule has 1 aliphatic heterocycles. The molecule has 4 nitrogen and oxygen atoms in total. The first-order valence-corrected chi connectivity index (χ1v) is 6.26. The molecule has 0 bridgehead atoms. The van der Waals surface area contributed by atoms with Crippen molar-refractivity contribution in [3.8, 4) is 6.07 Å². The normalized spacial score (nSPS) is 19.6. The summed E-state index contributed by atoms with van der Waals surface area (Å²) in [6.07, 6.45) is 0.191. The maximum atomic E-state index is 9.19. The molecule has 4 heteroatoms. The number of nitriles is 1. The van der Waals surface area contributed by atoms with Crippen molar-refractivity contribution < 1.29 is 4.74 Å². The molecule has 0 radical (unpaired) electrons. The predicted octanol–water partition coefficient (Wildman–Crippen LogP) is 1.29. The number of likely N-dealkylation sites (N-methyl/N-ethyl adjacent to an activating group) is 1. The molecular weight excluding hydrogens is 226 g/mol. The number of rotatable bonds is 3. The van der Waals surface area contributed by atoms with Crippen molar-refractivity contribution in [1.82, 2.24) is 5.32 Å². The fourth-order valence-corrected chi connectivity index (χ4v) is 2.29. The lowest BCUT2D eigenvalue weighted by atomic mass is 10.1. The zero-order valence-corrected chi connectivity index (χ0v) is 10.9. The number of nitrogens with zero attached hydrogens (tertiary/aromatic N) is 2. The van der Waals surface area contributed by atoms with Gasteiger partial charge in [0, 0.05) is 19.6 Å². The van der Waals surface area contributed by atoms with Crippen LogP contribution in [0.25, 0.3) is 0 Å². The van der Waals surface area contributed by atoms with Crippen LogP contribution >= 0.6 is 0 Å². The summed E-state index contributed by atoms with van der Waals surface area (Å²) in [4.78, 5) is 2.25. The standard InChI is InChI=1S/C14H19N3O/c1-11-3-4-12(8-15)14(7-11)17-5-6-18-13(10-17)9-16-2/h3-4,7,13,16H,5-6,9-10H2,1-2H3. The molecule has 1 aromatic rings. The zero-order valence-electron chi connectivity index (χ0n) is 10.9. The number of anilines is 1. The molecule has 1 unspecified atom stereocenters. The molecule has 0 saturated carbocycles. The molecule has 1 N–H and O–H groups in total. The fourth-order valence-electron chi connectivity index (χ4n) is 2.29. The van der Waals surface area contributed by atoms with Crippen LogP contribution in [-0.4, -0.2) is 39.4 Å². The smallest absolute Gasteiger partial charge is 0.101 e. The molecule has 0 amide bonds. The Morgan fingerprint density at radius 2 is 2.39 bits per heavy atom. The van der Waals surface area contributed by atoms with Crippen molar-refractivity contribution in [3.05, 3.63) is 29.3 Å². The van der Waals surface area contributed by atoms with E-state index in [0.717, 1.165) is 30.9 Å². The van der Waals surface area contributed by atoms with E-state index in [2.05, 4.69) is 29.3 Å². The molecule has 1 aromatic carbocycles. The quantitative estimate of drug-likeness (QED) is 0.872. The highest BCUT2D eigenvalue weighted by Crippen LogP contribution is 2.23. The zero-order chi connectivity index (χ0) is 13.0. The Bertz CT molecular complexity index is 451. The lowest BCUT2D eigenvalue weighted by Gasteiger charge is -2.35. The van der Waals surface area contributed by atoms with E-state index in [0.29, 0.717) is 6.61 Å². The van der Waals surface area contributed by atoms with Crippen LogP contribution in [-0.2, 0) is 4.74 Å². The van der Waals surface area contributed by atoms with Crippen LogP contribution in [0, 0.1) is 18.3 Å². The molecule has 1 atom stereocenters. The average molecular weight is 245 g/mol. The number of hydrogen-bond acceptors (Lipinski definition) is 4. The summed E-state index contributed by atoms with van der Waals surface area (Å²) >= 11 is 0. The Balaban J connectivity index is 2.20. The summed E-state index contributed by atoms with van der Waals surface area (Å²) < 4.78 is 5.69. The number of nitrogens with one attached hydrogen (secondary N) is 1. The summed E-state index contributed by atoms with van der Waals surface area (Å²) in [7, 11) is 1.93. The highest BCUT2D eigenvalue weighted by atomic mass is 16.5. The molecule has 0 aromatic heterocycles. The van der Waals surface area contributed by atoms with Gasteiger partial charge in [0.05, 0.1) is 24.0 Å². The van der Waals surface area contributed by atoms with Crippen molar-refractivity contribution in [3.63, 3.8) is 0 Å². The van der Waals surface area contributed by atoms with Gasteiger partial charge in [0.1, 0.15) is 6.07 Å². The van der Waals surface area contributed by atoms with Gasteiger partial charge in [-0.2, -0.15) is 5.26 Å². The Kier molecular flexibility index (Phi) is 4.19. The minimum atomic E-state index is 0.191. The van der Waals surface area contributed by atoms with Gasteiger partial charge in [0.15, 0.2) is 0 Å². The van der Waals surface area contributed by atoms with Gasteiger partial charge in [-0.15, -0.1) is 0 Å². The van der Waals surface area contributed by atoms with Gasteiger partial charge in [-0.3, -0.25) is 0 Å². The third-order valence-electron chi connectivity index (χ3n) is 3.18. The van der Waals surface area contributed by atoms with Crippen LogP contribution in [0.3, 0.4) is 0 Å². The molecule has 1 saturated heterocycles. The number of hydrogen-bond donors (Lipinski definition) is 1. The Morgan fingerprint density at radius 3 is 3.11 bits per heavy atom. The van der Waals surface area contributed by atoms with Crippen LogP contribution < -0.4 is 10.2 Å². The van der Waals surface area contributed by atoms with E-state index in [9.17, 15) is 5.26 Å². The summed E-state index contributed by atoms with van der Waals surface area (Å²) in [5, 5.41) is 12.3. The maximum Gasteiger partial charge on any atom is 0.101 e. The van der Waals surface area contributed by atoms with Crippen LogP contribution in [0.15, 0.2) is 18.2 Å². The van der Waals surface area contributed by atoms with Crippen LogP contribution in [0.1, 0.15) is 11.1 Å². The third-order valence-corrected chi connectivity index (χ3v) is 3.18. The second-order valence-corrected chi connectivity index (χ2v) is 4.63. The first-order chi connectivity index (χ1) is 8.74. The SMILES string of the molecule is CNCC1CN(c2cc(C)ccc2C#N)CCO1. The van der Waals surface area contributed by atoms with E-state index >= 15 is 0 Å². The summed E-state index contributed by atoms with van der Waals surface area (Å²) in [5.74, 6) is 0. The van der Waals surface area contributed by atoms with Crippen molar-refractivity contribution in [2.24, 2.45) is 0 Å². The molecule has 96 valence electrons. The molecule has 2 rings (SSSR count). The van der Waals surface area contributed by atoms with E-state index in [1.807, 2.05) is 19.2 Å². The lowest BCUT2D eigenvalue weighted by Crippen LogP contribution is -2.46. The van der Waals surface area contributed by atoms with Crippen LogP contribution in [0.5, 0.6) is 0 Å². The van der Waals surface area contributed by atoms with E-state index < -0.39 is 0 Å². The molecular formula is C14H19N3O. The maximum absolute atomic E-state index is 9.19. The van der Waals surface area contributed by atoms with Gasteiger partial charge >= 0.3 is 0 Å². The van der Waals surface area contributed by atoms with E-state index in [1.165, 1.54) is 5.56 Å². The lowest BCUT2D eigenvalue weighted by molar-refractivity contribution is 0.0421. The first kappa shape index (κ1) is 12.9. The number of benzene rings is 1. The molecule has 1 heterocycles. The van der Waals surface area contributed by atoms with Gasteiger partial charge in [-0.1, -0.05) is 6.07 Å². The van der Waals surface area contributed by atoms with E-state index in [-0.39, 0.29) is 6.10 Å². The minimum absolute atomic E-state index is 0.191. The monoisotopic (exact) mass is 245 g/mol. The minimum Gasteiger partial charge on any atom is -0.373 e. The van der Waals surface area contributed by atoms with E-state index in [1.54, 1.807) is 0 Å². The van der Waals surface area contributed by atoms with Crippen molar-refractivity contribution in [1.29, 1.82) is 5.26 Å². The largest absolute Gasteiger partial charge is 0.373 e. The van der Waals surface area contributed by atoms with Gasteiger partial charge in [-0.05, 0) is 31.7 Å².